The second-order valence-electron chi connectivity index (χ2n) is 9.79. The topological polar surface area (TPSA) is 80.3 Å². The highest BCUT2D eigenvalue weighted by atomic mass is 16.5. The first-order chi connectivity index (χ1) is 15.4. The highest BCUT2D eigenvalue weighted by molar-refractivity contribution is 5.76. The largest absolute Gasteiger partial charge is 0.467 e. The van der Waals surface area contributed by atoms with Gasteiger partial charge in [-0.05, 0) is 60.9 Å². The van der Waals surface area contributed by atoms with E-state index in [4.69, 9.17) is 8.94 Å². The highest BCUT2D eigenvalue weighted by Gasteiger charge is 2.28. The van der Waals surface area contributed by atoms with E-state index >= 15 is 0 Å². The summed E-state index contributed by atoms with van der Waals surface area (Å²) in [5.41, 5.74) is 3.39. The summed E-state index contributed by atoms with van der Waals surface area (Å²) >= 11 is 0. The van der Waals surface area contributed by atoms with Gasteiger partial charge < -0.3 is 19.6 Å². The lowest BCUT2D eigenvalue weighted by molar-refractivity contribution is -0.122. The predicted octanol–water partition coefficient (Wildman–Crippen LogP) is 4.71. The van der Waals surface area contributed by atoms with Crippen molar-refractivity contribution in [2.45, 2.75) is 52.0 Å². The SMILES string of the molecule is CC(C)(C)c1ccc(-c2cc(CC3CNCCC3CC(=O)NCc3ccco3)no2)cc1. The molecule has 3 aromatic rings. The number of carbonyl (C=O) groups is 1. The molecule has 1 aliphatic rings. The van der Waals surface area contributed by atoms with Crippen LogP contribution >= 0.6 is 0 Å². The molecule has 6 heteroatoms. The Hall–Kier alpha value is -2.86. The molecule has 1 aliphatic heterocycles. The molecule has 0 bridgehead atoms. The number of carbonyl (C=O) groups excluding carboxylic acids is 1. The van der Waals surface area contributed by atoms with E-state index in [1.54, 1.807) is 6.26 Å². The Bertz CT molecular complexity index is 1000. The fourth-order valence-electron chi connectivity index (χ4n) is 4.34. The maximum absolute atomic E-state index is 12.5. The molecule has 3 heterocycles. The summed E-state index contributed by atoms with van der Waals surface area (Å²) in [6.45, 7) is 8.89. The van der Waals surface area contributed by atoms with E-state index in [1.807, 2.05) is 18.2 Å². The fourth-order valence-corrected chi connectivity index (χ4v) is 4.34. The number of hydrogen-bond donors (Lipinski definition) is 2. The third-order valence-corrected chi connectivity index (χ3v) is 6.32. The van der Waals surface area contributed by atoms with Crippen molar-refractivity contribution in [3.8, 4) is 11.3 Å². The first-order valence-electron chi connectivity index (χ1n) is 11.4. The van der Waals surface area contributed by atoms with E-state index in [2.05, 4.69) is 60.8 Å². The smallest absolute Gasteiger partial charge is 0.220 e. The van der Waals surface area contributed by atoms with Crippen molar-refractivity contribution < 1.29 is 13.7 Å². The molecule has 2 atom stereocenters. The Morgan fingerprint density at radius 1 is 1.19 bits per heavy atom. The minimum atomic E-state index is 0.0677. The van der Waals surface area contributed by atoms with Crippen LogP contribution in [0.1, 0.15) is 50.6 Å². The molecular formula is C26H33N3O3. The number of nitrogens with one attached hydrogen (secondary N) is 2. The zero-order chi connectivity index (χ0) is 22.6. The molecule has 1 amide bonds. The number of hydrogen-bond acceptors (Lipinski definition) is 5. The molecule has 32 heavy (non-hydrogen) atoms. The van der Waals surface area contributed by atoms with Crippen LogP contribution in [0.5, 0.6) is 0 Å². The molecule has 1 saturated heterocycles. The van der Waals surface area contributed by atoms with E-state index in [1.165, 1.54) is 5.56 Å². The Morgan fingerprint density at radius 3 is 2.72 bits per heavy atom. The van der Waals surface area contributed by atoms with Crippen molar-refractivity contribution in [3.05, 3.63) is 65.7 Å². The van der Waals surface area contributed by atoms with Crippen LogP contribution in [0.3, 0.4) is 0 Å². The predicted molar refractivity (Wildman–Crippen MR) is 124 cm³/mol. The van der Waals surface area contributed by atoms with E-state index in [-0.39, 0.29) is 11.3 Å². The summed E-state index contributed by atoms with van der Waals surface area (Å²) in [5, 5.41) is 10.8. The average Bonchev–Trinajstić information content (AvgIpc) is 3.45. The van der Waals surface area contributed by atoms with Crippen LogP contribution in [-0.4, -0.2) is 24.2 Å². The molecule has 0 spiro atoms. The summed E-state index contributed by atoms with van der Waals surface area (Å²) in [4.78, 5) is 12.5. The van der Waals surface area contributed by atoms with E-state index in [9.17, 15) is 4.79 Å². The van der Waals surface area contributed by atoms with Gasteiger partial charge in [0.1, 0.15) is 5.76 Å². The zero-order valence-corrected chi connectivity index (χ0v) is 19.2. The number of furan rings is 1. The summed E-state index contributed by atoms with van der Waals surface area (Å²) in [7, 11) is 0. The van der Waals surface area contributed by atoms with Gasteiger partial charge in [0.15, 0.2) is 5.76 Å². The van der Waals surface area contributed by atoms with Gasteiger partial charge in [0.2, 0.25) is 5.91 Å². The monoisotopic (exact) mass is 435 g/mol. The standard InChI is InChI=1S/C26H33N3O3/c1-26(2,3)21-8-6-18(7-9-21)24-15-22(29-32-24)13-20-16-27-11-10-19(20)14-25(30)28-17-23-5-4-12-31-23/h4-9,12,15,19-20,27H,10-11,13-14,16-17H2,1-3H3,(H,28,30). The van der Waals surface area contributed by atoms with Crippen molar-refractivity contribution in [1.82, 2.24) is 15.8 Å². The molecule has 0 aliphatic carbocycles. The van der Waals surface area contributed by atoms with Gasteiger partial charge in [-0.3, -0.25) is 4.79 Å². The van der Waals surface area contributed by atoms with Gasteiger partial charge in [-0.2, -0.15) is 0 Å². The van der Waals surface area contributed by atoms with E-state index in [0.29, 0.717) is 24.8 Å². The molecule has 2 aromatic heterocycles. The van der Waals surface area contributed by atoms with Crippen LogP contribution < -0.4 is 10.6 Å². The first-order valence-corrected chi connectivity index (χ1v) is 11.4. The van der Waals surface area contributed by atoms with E-state index in [0.717, 1.165) is 48.7 Å². The number of benzene rings is 1. The van der Waals surface area contributed by atoms with Gasteiger partial charge in [-0.25, -0.2) is 0 Å². The lowest BCUT2D eigenvalue weighted by atomic mass is 9.81. The van der Waals surface area contributed by atoms with Gasteiger partial charge in [-0.15, -0.1) is 0 Å². The van der Waals surface area contributed by atoms with Crippen molar-refractivity contribution in [2.24, 2.45) is 11.8 Å². The van der Waals surface area contributed by atoms with Crippen molar-refractivity contribution >= 4 is 5.91 Å². The Morgan fingerprint density at radius 2 is 2.00 bits per heavy atom. The van der Waals surface area contributed by atoms with Crippen LogP contribution in [0.2, 0.25) is 0 Å². The van der Waals surface area contributed by atoms with Gasteiger partial charge >= 0.3 is 0 Å². The molecule has 2 unspecified atom stereocenters. The molecule has 2 N–H and O–H groups in total. The fraction of sp³-hybridized carbons (Fsp3) is 0.462. The van der Waals surface area contributed by atoms with Crippen LogP contribution in [0.15, 0.2) is 57.7 Å². The van der Waals surface area contributed by atoms with Crippen molar-refractivity contribution in [1.29, 1.82) is 0 Å². The van der Waals surface area contributed by atoms with Crippen LogP contribution in [0.4, 0.5) is 0 Å². The second-order valence-corrected chi connectivity index (χ2v) is 9.79. The lowest BCUT2D eigenvalue weighted by Gasteiger charge is -2.31. The highest BCUT2D eigenvalue weighted by Crippen LogP contribution is 2.29. The molecule has 1 fully saturated rings. The Balaban J connectivity index is 1.36. The van der Waals surface area contributed by atoms with Gasteiger partial charge in [0, 0.05) is 18.1 Å². The minimum Gasteiger partial charge on any atom is -0.467 e. The number of nitrogens with zero attached hydrogens (tertiary/aromatic N) is 1. The number of aromatic nitrogens is 1. The second kappa shape index (κ2) is 9.74. The molecule has 6 nitrogen and oxygen atoms in total. The first kappa shape index (κ1) is 22.3. The summed E-state index contributed by atoms with van der Waals surface area (Å²) in [6.07, 6.45) is 3.92. The van der Waals surface area contributed by atoms with E-state index < -0.39 is 0 Å². The van der Waals surface area contributed by atoms with Crippen molar-refractivity contribution in [3.63, 3.8) is 0 Å². The number of piperidine rings is 1. The lowest BCUT2D eigenvalue weighted by Crippen LogP contribution is -2.40. The molecule has 0 radical (unpaired) electrons. The van der Waals surface area contributed by atoms with Gasteiger partial charge in [-0.1, -0.05) is 50.2 Å². The maximum atomic E-state index is 12.5. The molecule has 1 aromatic carbocycles. The van der Waals surface area contributed by atoms with Crippen molar-refractivity contribution in [2.75, 3.05) is 13.1 Å². The van der Waals surface area contributed by atoms with Gasteiger partial charge in [0.25, 0.3) is 0 Å². The Labute approximate surface area is 189 Å². The average molecular weight is 436 g/mol. The quantitative estimate of drug-likeness (QED) is 0.562. The number of amides is 1. The minimum absolute atomic E-state index is 0.0677. The van der Waals surface area contributed by atoms with Crippen LogP contribution in [0, 0.1) is 11.8 Å². The maximum Gasteiger partial charge on any atom is 0.220 e. The third-order valence-electron chi connectivity index (χ3n) is 6.32. The Kier molecular flexibility index (Phi) is 6.80. The summed E-state index contributed by atoms with van der Waals surface area (Å²) in [6, 6.07) is 14.2. The van der Waals surface area contributed by atoms with Crippen LogP contribution in [-0.2, 0) is 23.2 Å². The molecular weight excluding hydrogens is 402 g/mol. The van der Waals surface area contributed by atoms with Gasteiger partial charge in [0.05, 0.1) is 18.5 Å². The molecule has 170 valence electrons. The number of rotatable bonds is 7. The van der Waals surface area contributed by atoms with Crippen LogP contribution in [0.25, 0.3) is 11.3 Å². The summed E-state index contributed by atoms with van der Waals surface area (Å²) in [5.74, 6) is 2.29. The molecule has 0 saturated carbocycles. The third kappa shape index (κ3) is 5.68. The normalized spacial score (nSPS) is 19.1. The summed E-state index contributed by atoms with van der Waals surface area (Å²) < 4.78 is 10.9. The molecule has 4 rings (SSSR count). The zero-order valence-electron chi connectivity index (χ0n) is 19.2.